The molecule has 0 aromatic rings. The van der Waals surface area contributed by atoms with Crippen molar-refractivity contribution < 1.29 is 9.59 Å². The van der Waals surface area contributed by atoms with Crippen LogP contribution in [0.15, 0.2) is 0 Å². The third kappa shape index (κ3) is 2.12. The Morgan fingerprint density at radius 1 is 1.38 bits per heavy atom. The highest BCUT2D eigenvalue weighted by molar-refractivity contribution is 5.87. The fourth-order valence-corrected chi connectivity index (χ4v) is 2.84. The van der Waals surface area contributed by atoms with Gasteiger partial charge in [0.1, 0.15) is 5.78 Å². The van der Waals surface area contributed by atoms with Gasteiger partial charge in [-0.25, -0.2) is 0 Å². The molecule has 1 amide bonds. The van der Waals surface area contributed by atoms with Gasteiger partial charge in [-0.2, -0.15) is 0 Å². The van der Waals surface area contributed by atoms with Crippen molar-refractivity contribution in [2.24, 2.45) is 0 Å². The molecule has 0 aromatic heterocycles. The minimum Gasteiger partial charge on any atom is -0.353 e. The summed E-state index contributed by atoms with van der Waals surface area (Å²) in [5.41, 5.74) is 0. The van der Waals surface area contributed by atoms with E-state index in [-0.39, 0.29) is 18.0 Å². The van der Waals surface area contributed by atoms with Crippen molar-refractivity contribution in [3.8, 4) is 0 Å². The van der Waals surface area contributed by atoms with E-state index in [1.165, 1.54) is 0 Å². The number of amides is 1. The lowest BCUT2D eigenvalue weighted by Gasteiger charge is -2.40. The van der Waals surface area contributed by atoms with Gasteiger partial charge < -0.3 is 5.32 Å². The maximum absolute atomic E-state index is 11.9. The van der Waals surface area contributed by atoms with Crippen molar-refractivity contribution in [3.05, 3.63) is 0 Å². The molecule has 2 fully saturated rings. The third-order valence-electron chi connectivity index (χ3n) is 3.68. The van der Waals surface area contributed by atoms with E-state index in [1.807, 2.05) is 6.92 Å². The molecule has 0 radical (unpaired) electrons. The predicted molar refractivity (Wildman–Crippen MR) is 61.1 cm³/mol. The number of carbonyl (C=O) groups excluding carboxylic acids is 2. The van der Waals surface area contributed by atoms with Crippen LogP contribution in [0.3, 0.4) is 0 Å². The zero-order chi connectivity index (χ0) is 11.5. The lowest BCUT2D eigenvalue weighted by Crippen LogP contribution is -2.60. The van der Waals surface area contributed by atoms with Gasteiger partial charge in [0.25, 0.3) is 0 Å². The highest BCUT2D eigenvalue weighted by Gasteiger charge is 2.36. The Morgan fingerprint density at radius 2 is 2.19 bits per heavy atom. The van der Waals surface area contributed by atoms with Crippen LogP contribution in [0.25, 0.3) is 0 Å². The van der Waals surface area contributed by atoms with Crippen molar-refractivity contribution in [2.75, 3.05) is 13.1 Å². The van der Waals surface area contributed by atoms with E-state index in [0.29, 0.717) is 18.7 Å². The van der Waals surface area contributed by atoms with E-state index in [2.05, 4.69) is 10.2 Å². The van der Waals surface area contributed by atoms with Crippen LogP contribution >= 0.6 is 0 Å². The first-order chi connectivity index (χ1) is 7.74. The van der Waals surface area contributed by atoms with Gasteiger partial charge in [0.05, 0.1) is 12.1 Å². The molecule has 0 bridgehead atoms. The van der Waals surface area contributed by atoms with Crippen LogP contribution in [0.5, 0.6) is 0 Å². The molecule has 90 valence electrons. The minimum atomic E-state index is -0.0965. The Morgan fingerprint density at radius 3 is 2.88 bits per heavy atom. The summed E-state index contributed by atoms with van der Waals surface area (Å²) in [6, 6.07) is -0.0921. The molecular weight excluding hydrogens is 204 g/mol. The summed E-state index contributed by atoms with van der Waals surface area (Å²) in [6.07, 6.45) is 4.55. The van der Waals surface area contributed by atoms with E-state index in [9.17, 15) is 9.59 Å². The van der Waals surface area contributed by atoms with Crippen LogP contribution in [0.1, 0.15) is 39.0 Å². The molecule has 0 spiro atoms. The van der Waals surface area contributed by atoms with Crippen LogP contribution < -0.4 is 5.32 Å². The van der Waals surface area contributed by atoms with Gasteiger partial charge in [-0.05, 0) is 19.3 Å². The lowest BCUT2D eigenvalue weighted by molar-refractivity contribution is -0.135. The van der Waals surface area contributed by atoms with Crippen LogP contribution in [0, 0.1) is 0 Å². The lowest BCUT2D eigenvalue weighted by atomic mass is 9.91. The number of nitrogens with zero attached hydrogens (tertiary/aromatic N) is 1. The Balaban J connectivity index is 2.10. The van der Waals surface area contributed by atoms with Gasteiger partial charge in [-0.3, -0.25) is 14.5 Å². The van der Waals surface area contributed by atoms with Gasteiger partial charge in [-0.1, -0.05) is 13.3 Å². The maximum Gasteiger partial charge on any atom is 0.237 e. The molecule has 2 aliphatic rings. The van der Waals surface area contributed by atoms with Gasteiger partial charge >= 0.3 is 0 Å². The zero-order valence-electron chi connectivity index (χ0n) is 9.87. The second-order valence-corrected chi connectivity index (χ2v) is 4.68. The normalized spacial score (nSPS) is 32.6. The average molecular weight is 224 g/mol. The highest BCUT2D eigenvalue weighted by Crippen LogP contribution is 2.23. The fourth-order valence-electron chi connectivity index (χ4n) is 2.84. The molecule has 0 aromatic carbocycles. The number of ketones is 1. The molecule has 1 heterocycles. The summed E-state index contributed by atoms with van der Waals surface area (Å²) < 4.78 is 0. The van der Waals surface area contributed by atoms with E-state index >= 15 is 0 Å². The van der Waals surface area contributed by atoms with Gasteiger partial charge in [0.15, 0.2) is 0 Å². The number of carbonyl (C=O) groups is 2. The van der Waals surface area contributed by atoms with Crippen LogP contribution in [-0.2, 0) is 9.59 Å². The molecule has 4 heteroatoms. The van der Waals surface area contributed by atoms with E-state index in [1.54, 1.807) is 0 Å². The first-order valence-electron chi connectivity index (χ1n) is 6.30. The van der Waals surface area contributed by atoms with Crippen LogP contribution in [-0.4, -0.2) is 41.8 Å². The minimum absolute atomic E-state index is 0.00440. The standard InChI is InChI=1S/C12H20N2O2/c1-2-9-12(16)13-7-8-14(9)10-5-3-4-6-11(10)15/h9-10H,2-8H2,1H3,(H,13,16). The topological polar surface area (TPSA) is 49.4 Å². The molecular formula is C12H20N2O2. The Hall–Kier alpha value is -0.900. The molecule has 1 saturated heterocycles. The molecule has 1 saturated carbocycles. The number of hydrogen-bond donors (Lipinski definition) is 1. The fraction of sp³-hybridized carbons (Fsp3) is 0.833. The number of hydrogen-bond acceptors (Lipinski definition) is 3. The second-order valence-electron chi connectivity index (χ2n) is 4.68. The van der Waals surface area contributed by atoms with Crippen LogP contribution in [0.4, 0.5) is 0 Å². The number of piperazine rings is 1. The summed E-state index contributed by atoms with van der Waals surface area (Å²) >= 11 is 0. The SMILES string of the molecule is CCC1C(=O)NCCN1C1CCCCC1=O. The monoisotopic (exact) mass is 224 g/mol. The molecule has 2 unspecified atom stereocenters. The molecule has 1 N–H and O–H groups in total. The molecule has 16 heavy (non-hydrogen) atoms. The third-order valence-corrected chi connectivity index (χ3v) is 3.68. The summed E-state index contributed by atoms with van der Waals surface area (Å²) in [7, 11) is 0. The number of nitrogens with one attached hydrogen (secondary N) is 1. The van der Waals surface area contributed by atoms with Gasteiger partial charge in [0.2, 0.25) is 5.91 Å². The zero-order valence-corrected chi connectivity index (χ0v) is 9.87. The average Bonchev–Trinajstić information content (AvgIpc) is 2.29. The largest absolute Gasteiger partial charge is 0.353 e. The Kier molecular flexibility index (Phi) is 3.59. The first-order valence-corrected chi connectivity index (χ1v) is 6.30. The van der Waals surface area contributed by atoms with Crippen molar-refractivity contribution in [3.63, 3.8) is 0 Å². The van der Waals surface area contributed by atoms with E-state index in [4.69, 9.17) is 0 Å². The highest BCUT2D eigenvalue weighted by atomic mass is 16.2. The Bertz CT molecular complexity index is 291. The van der Waals surface area contributed by atoms with Crippen molar-refractivity contribution in [1.82, 2.24) is 10.2 Å². The summed E-state index contributed by atoms with van der Waals surface area (Å²) in [4.78, 5) is 25.7. The van der Waals surface area contributed by atoms with Gasteiger partial charge in [-0.15, -0.1) is 0 Å². The molecule has 1 aliphatic heterocycles. The van der Waals surface area contributed by atoms with E-state index < -0.39 is 0 Å². The number of Topliss-reactive ketones (excluding diaryl/α,β-unsaturated/α-hetero) is 1. The molecule has 4 nitrogen and oxygen atoms in total. The summed E-state index contributed by atoms with van der Waals surface area (Å²) in [5.74, 6) is 0.423. The smallest absolute Gasteiger partial charge is 0.237 e. The predicted octanol–water partition coefficient (Wildman–Crippen LogP) is 0.708. The maximum atomic E-state index is 11.9. The van der Waals surface area contributed by atoms with Gasteiger partial charge in [0, 0.05) is 19.5 Å². The quantitative estimate of drug-likeness (QED) is 0.751. The molecule has 2 rings (SSSR count). The summed E-state index contributed by atoms with van der Waals surface area (Å²) in [6.45, 7) is 3.51. The van der Waals surface area contributed by atoms with Crippen molar-refractivity contribution in [1.29, 1.82) is 0 Å². The Labute approximate surface area is 96.4 Å². The van der Waals surface area contributed by atoms with E-state index in [0.717, 1.165) is 32.2 Å². The second kappa shape index (κ2) is 4.95. The first kappa shape index (κ1) is 11.6. The van der Waals surface area contributed by atoms with Crippen molar-refractivity contribution >= 4 is 11.7 Å². The van der Waals surface area contributed by atoms with Crippen LogP contribution in [0.2, 0.25) is 0 Å². The number of rotatable bonds is 2. The molecule has 2 atom stereocenters. The molecule has 1 aliphatic carbocycles. The summed E-state index contributed by atoms with van der Waals surface area (Å²) in [5, 5.41) is 2.88. The van der Waals surface area contributed by atoms with Crippen molar-refractivity contribution in [2.45, 2.75) is 51.1 Å².